The van der Waals surface area contributed by atoms with Crippen molar-refractivity contribution in [3.63, 3.8) is 0 Å². The number of hydrogen-bond acceptors (Lipinski definition) is 3. The molecule has 1 heterocycles. The highest BCUT2D eigenvalue weighted by Gasteiger charge is 2.35. The zero-order valence-corrected chi connectivity index (χ0v) is 9.45. The lowest BCUT2D eigenvalue weighted by atomic mass is 10.2. The Morgan fingerprint density at radius 3 is 2.47 bits per heavy atom. The van der Waals surface area contributed by atoms with Crippen molar-refractivity contribution in [2.75, 3.05) is 6.54 Å². The van der Waals surface area contributed by atoms with Crippen LogP contribution < -0.4 is 5.73 Å². The fraction of sp³-hybridized carbons (Fsp3) is 0.800. The number of rotatable bonds is 1. The summed E-state index contributed by atoms with van der Waals surface area (Å²) >= 11 is 0. The van der Waals surface area contributed by atoms with Gasteiger partial charge in [0.2, 0.25) is 5.91 Å². The predicted octanol–water partition coefficient (Wildman–Crippen LogP) is 0.871. The average molecular weight is 214 g/mol. The molecule has 1 unspecified atom stereocenters. The Labute approximate surface area is 89.6 Å². The van der Waals surface area contributed by atoms with Crippen molar-refractivity contribution in [3.8, 4) is 0 Å². The highest BCUT2D eigenvalue weighted by Crippen LogP contribution is 2.20. The van der Waals surface area contributed by atoms with E-state index in [4.69, 9.17) is 10.5 Å². The van der Waals surface area contributed by atoms with Crippen molar-refractivity contribution in [3.05, 3.63) is 0 Å². The molecule has 1 saturated heterocycles. The Morgan fingerprint density at radius 1 is 1.40 bits per heavy atom. The Hall–Kier alpha value is -1.26. The van der Waals surface area contributed by atoms with Crippen LogP contribution in [0.1, 0.15) is 33.6 Å². The Bertz CT molecular complexity index is 270. The molecule has 0 radical (unpaired) electrons. The second-order valence-electron chi connectivity index (χ2n) is 4.73. The van der Waals surface area contributed by atoms with Crippen molar-refractivity contribution >= 4 is 12.0 Å². The van der Waals surface area contributed by atoms with E-state index >= 15 is 0 Å². The summed E-state index contributed by atoms with van der Waals surface area (Å²) in [7, 11) is 0. The number of likely N-dealkylation sites (tertiary alicyclic amines) is 1. The fourth-order valence-electron chi connectivity index (χ4n) is 1.60. The summed E-state index contributed by atoms with van der Waals surface area (Å²) in [4.78, 5) is 24.1. The third kappa shape index (κ3) is 3.11. The molecular formula is C10H18N2O3. The van der Waals surface area contributed by atoms with Crippen LogP contribution in [0.25, 0.3) is 0 Å². The van der Waals surface area contributed by atoms with Gasteiger partial charge in [-0.05, 0) is 33.6 Å². The largest absolute Gasteiger partial charge is 0.444 e. The van der Waals surface area contributed by atoms with Crippen molar-refractivity contribution < 1.29 is 14.3 Å². The van der Waals surface area contributed by atoms with E-state index in [1.807, 2.05) is 0 Å². The maximum atomic E-state index is 11.7. The van der Waals surface area contributed by atoms with Gasteiger partial charge in [-0.3, -0.25) is 9.69 Å². The highest BCUT2D eigenvalue weighted by molar-refractivity contribution is 5.84. The first-order valence-electron chi connectivity index (χ1n) is 5.10. The van der Waals surface area contributed by atoms with Gasteiger partial charge in [-0.1, -0.05) is 0 Å². The maximum Gasteiger partial charge on any atom is 0.410 e. The van der Waals surface area contributed by atoms with Crippen LogP contribution in [0, 0.1) is 0 Å². The van der Waals surface area contributed by atoms with Gasteiger partial charge in [0.05, 0.1) is 0 Å². The molecule has 15 heavy (non-hydrogen) atoms. The van der Waals surface area contributed by atoms with Gasteiger partial charge in [0.25, 0.3) is 0 Å². The normalized spacial score (nSPS) is 21.5. The van der Waals surface area contributed by atoms with Crippen molar-refractivity contribution in [1.82, 2.24) is 4.90 Å². The van der Waals surface area contributed by atoms with Crippen LogP contribution in [-0.2, 0) is 9.53 Å². The van der Waals surface area contributed by atoms with Gasteiger partial charge < -0.3 is 10.5 Å². The minimum atomic E-state index is -0.540. The number of primary amides is 1. The third-order valence-electron chi connectivity index (χ3n) is 2.21. The molecule has 5 heteroatoms. The van der Waals surface area contributed by atoms with Crippen LogP contribution in [0.2, 0.25) is 0 Å². The quantitative estimate of drug-likeness (QED) is 0.704. The first-order chi connectivity index (χ1) is 6.81. The highest BCUT2D eigenvalue weighted by atomic mass is 16.6. The van der Waals surface area contributed by atoms with Gasteiger partial charge in [-0.2, -0.15) is 0 Å². The van der Waals surface area contributed by atoms with Gasteiger partial charge in [-0.25, -0.2) is 4.79 Å². The lowest BCUT2D eigenvalue weighted by Gasteiger charge is -2.27. The molecule has 2 N–H and O–H groups in total. The van der Waals surface area contributed by atoms with Gasteiger partial charge in [-0.15, -0.1) is 0 Å². The molecule has 1 atom stereocenters. The standard InChI is InChI=1S/C10H18N2O3/c1-10(2,3)15-9(14)12-6-4-5-7(12)8(11)13/h7H,4-6H2,1-3H3,(H2,11,13). The lowest BCUT2D eigenvalue weighted by molar-refractivity contribution is -0.122. The van der Waals surface area contributed by atoms with Crippen molar-refractivity contribution in [1.29, 1.82) is 0 Å². The van der Waals surface area contributed by atoms with Crippen LogP contribution in [0.3, 0.4) is 0 Å². The van der Waals surface area contributed by atoms with E-state index in [-0.39, 0.29) is 0 Å². The predicted molar refractivity (Wildman–Crippen MR) is 55.2 cm³/mol. The molecule has 5 nitrogen and oxygen atoms in total. The number of ether oxygens (including phenoxy) is 1. The number of nitrogens with two attached hydrogens (primary N) is 1. The zero-order chi connectivity index (χ0) is 11.6. The Balaban J connectivity index is 2.63. The van der Waals surface area contributed by atoms with E-state index in [1.165, 1.54) is 4.90 Å². The topological polar surface area (TPSA) is 72.6 Å². The monoisotopic (exact) mass is 214 g/mol. The number of carbonyl (C=O) groups excluding carboxylic acids is 2. The molecule has 0 bridgehead atoms. The molecule has 0 aromatic carbocycles. The van der Waals surface area contributed by atoms with E-state index in [0.717, 1.165) is 6.42 Å². The summed E-state index contributed by atoms with van der Waals surface area (Å²) in [5.41, 5.74) is 4.66. The summed E-state index contributed by atoms with van der Waals surface area (Å²) in [5.74, 6) is -0.460. The van der Waals surface area contributed by atoms with Crippen molar-refractivity contribution in [2.45, 2.75) is 45.3 Å². The molecule has 1 fully saturated rings. The van der Waals surface area contributed by atoms with Crippen LogP contribution in [0.5, 0.6) is 0 Å². The molecule has 2 amide bonds. The fourth-order valence-corrected chi connectivity index (χ4v) is 1.60. The number of amides is 2. The molecule has 0 aliphatic carbocycles. The molecule has 0 saturated carbocycles. The first kappa shape index (κ1) is 11.8. The number of hydrogen-bond donors (Lipinski definition) is 1. The number of carbonyl (C=O) groups is 2. The molecular weight excluding hydrogens is 196 g/mol. The van der Waals surface area contributed by atoms with Crippen LogP contribution in [-0.4, -0.2) is 35.1 Å². The Kier molecular flexibility index (Phi) is 3.21. The summed E-state index contributed by atoms with van der Waals surface area (Å²) in [5, 5.41) is 0. The smallest absolute Gasteiger partial charge is 0.410 e. The van der Waals surface area contributed by atoms with E-state index in [1.54, 1.807) is 20.8 Å². The SMILES string of the molecule is CC(C)(C)OC(=O)N1CCCC1C(N)=O. The second kappa shape index (κ2) is 4.08. The van der Waals surface area contributed by atoms with E-state index < -0.39 is 23.6 Å². The lowest BCUT2D eigenvalue weighted by Crippen LogP contribution is -2.45. The second-order valence-corrected chi connectivity index (χ2v) is 4.73. The van der Waals surface area contributed by atoms with Crippen LogP contribution in [0.15, 0.2) is 0 Å². The minimum absolute atomic E-state index is 0.455. The molecule has 0 aromatic heterocycles. The number of nitrogens with zero attached hydrogens (tertiary/aromatic N) is 1. The maximum absolute atomic E-state index is 11.7. The van der Waals surface area contributed by atoms with Crippen LogP contribution in [0.4, 0.5) is 4.79 Å². The van der Waals surface area contributed by atoms with Gasteiger partial charge in [0.1, 0.15) is 11.6 Å². The van der Waals surface area contributed by atoms with Gasteiger partial charge >= 0.3 is 6.09 Å². The average Bonchev–Trinajstić information content (AvgIpc) is 2.47. The summed E-state index contributed by atoms with van der Waals surface area (Å²) < 4.78 is 5.18. The zero-order valence-electron chi connectivity index (χ0n) is 9.45. The molecule has 86 valence electrons. The van der Waals surface area contributed by atoms with E-state index in [9.17, 15) is 9.59 Å². The summed E-state index contributed by atoms with van der Waals surface area (Å²) in [6.45, 7) is 5.92. The third-order valence-corrected chi connectivity index (χ3v) is 2.21. The van der Waals surface area contributed by atoms with Gasteiger partial charge in [0.15, 0.2) is 0 Å². The van der Waals surface area contributed by atoms with Crippen LogP contribution >= 0.6 is 0 Å². The van der Waals surface area contributed by atoms with E-state index in [2.05, 4.69) is 0 Å². The molecule has 0 aromatic rings. The van der Waals surface area contributed by atoms with E-state index in [0.29, 0.717) is 13.0 Å². The Morgan fingerprint density at radius 2 is 2.00 bits per heavy atom. The molecule has 1 rings (SSSR count). The molecule has 1 aliphatic heterocycles. The first-order valence-corrected chi connectivity index (χ1v) is 5.10. The molecule has 0 spiro atoms. The van der Waals surface area contributed by atoms with Gasteiger partial charge in [0, 0.05) is 6.54 Å². The summed E-state index contributed by atoms with van der Waals surface area (Å²) in [6.07, 6.45) is 0.977. The summed E-state index contributed by atoms with van der Waals surface area (Å²) in [6, 6.07) is -0.500. The van der Waals surface area contributed by atoms with Crippen molar-refractivity contribution in [2.24, 2.45) is 5.73 Å². The minimum Gasteiger partial charge on any atom is -0.444 e. The molecule has 1 aliphatic rings.